The topological polar surface area (TPSA) is 29.5 Å². The van der Waals surface area contributed by atoms with Crippen molar-refractivity contribution >= 4 is 0 Å². The van der Waals surface area contributed by atoms with E-state index in [1.54, 1.807) is 0 Å². The highest BCUT2D eigenvalue weighted by Crippen LogP contribution is 2.29. The van der Waals surface area contributed by atoms with Crippen LogP contribution in [0.2, 0.25) is 0 Å². The summed E-state index contributed by atoms with van der Waals surface area (Å²) in [6, 6.07) is 0. The smallest absolute Gasteiger partial charge is 0.0694 e. The van der Waals surface area contributed by atoms with Gasteiger partial charge in [0.15, 0.2) is 0 Å². The van der Waals surface area contributed by atoms with Crippen molar-refractivity contribution in [3.8, 4) is 0 Å². The predicted octanol–water partition coefficient (Wildman–Crippen LogP) is 2.50. The standard InChI is InChI=1S/C11H22O2/c1-3-4-5-6-11(12)7-8-13-10(2)9-11/h10,12H,3-9H2,1-2H3. The minimum atomic E-state index is -0.424. The van der Waals surface area contributed by atoms with Crippen LogP contribution in [0.15, 0.2) is 0 Å². The lowest BCUT2D eigenvalue weighted by molar-refractivity contribution is -0.101. The van der Waals surface area contributed by atoms with Crippen molar-refractivity contribution in [2.45, 2.75) is 64.1 Å². The first-order valence-electron chi connectivity index (χ1n) is 5.50. The molecule has 13 heavy (non-hydrogen) atoms. The Kier molecular flexibility index (Phi) is 4.20. The molecule has 1 rings (SSSR count). The summed E-state index contributed by atoms with van der Waals surface area (Å²) in [5, 5.41) is 10.2. The summed E-state index contributed by atoms with van der Waals surface area (Å²) >= 11 is 0. The molecule has 1 saturated heterocycles. The molecule has 1 fully saturated rings. The van der Waals surface area contributed by atoms with Crippen molar-refractivity contribution in [3.63, 3.8) is 0 Å². The van der Waals surface area contributed by atoms with E-state index in [0.29, 0.717) is 0 Å². The van der Waals surface area contributed by atoms with Crippen molar-refractivity contribution in [1.29, 1.82) is 0 Å². The number of hydrogen-bond donors (Lipinski definition) is 1. The lowest BCUT2D eigenvalue weighted by Gasteiger charge is -2.35. The van der Waals surface area contributed by atoms with E-state index in [1.807, 2.05) is 6.92 Å². The van der Waals surface area contributed by atoms with Crippen molar-refractivity contribution in [2.75, 3.05) is 6.61 Å². The minimum Gasteiger partial charge on any atom is -0.390 e. The lowest BCUT2D eigenvalue weighted by atomic mass is 9.86. The van der Waals surface area contributed by atoms with Gasteiger partial charge in [-0.25, -0.2) is 0 Å². The Labute approximate surface area is 81.3 Å². The summed E-state index contributed by atoms with van der Waals surface area (Å²) < 4.78 is 5.42. The molecule has 1 aliphatic rings. The zero-order valence-electron chi connectivity index (χ0n) is 8.88. The van der Waals surface area contributed by atoms with Crippen LogP contribution in [0.3, 0.4) is 0 Å². The third-order valence-corrected chi connectivity index (χ3v) is 2.88. The van der Waals surface area contributed by atoms with E-state index in [4.69, 9.17) is 4.74 Å². The maximum Gasteiger partial charge on any atom is 0.0694 e. The largest absolute Gasteiger partial charge is 0.390 e. The molecule has 0 aromatic heterocycles. The number of hydrogen-bond acceptors (Lipinski definition) is 2. The highest BCUT2D eigenvalue weighted by Gasteiger charge is 2.32. The molecular weight excluding hydrogens is 164 g/mol. The quantitative estimate of drug-likeness (QED) is 0.683. The summed E-state index contributed by atoms with van der Waals surface area (Å²) in [6.45, 7) is 4.96. The molecule has 1 heterocycles. The molecule has 2 nitrogen and oxygen atoms in total. The van der Waals surface area contributed by atoms with Crippen LogP contribution in [0.1, 0.15) is 52.4 Å². The molecule has 0 saturated carbocycles. The molecule has 0 bridgehead atoms. The number of aliphatic hydroxyl groups is 1. The number of rotatable bonds is 4. The first-order valence-corrected chi connectivity index (χ1v) is 5.50. The number of ether oxygens (including phenoxy) is 1. The average Bonchev–Trinajstić information content (AvgIpc) is 2.04. The molecule has 0 aromatic carbocycles. The molecule has 78 valence electrons. The van der Waals surface area contributed by atoms with E-state index in [2.05, 4.69) is 6.92 Å². The van der Waals surface area contributed by atoms with Crippen molar-refractivity contribution < 1.29 is 9.84 Å². The molecule has 0 aliphatic carbocycles. The van der Waals surface area contributed by atoms with Gasteiger partial charge in [0.25, 0.3) is 0 Å². The van der Waals surface area contributed by atoms with Gasteiger partial charge in [0, 0.05) is 13.0 Å². The molecular formula is C11H22O2. The zero-order valence-corrected chi connectivity index (χ0v) is 8.88. The zero-order chi connectivity index (χ0) is 9.73. The summed E-state index contributed by atoms with van der Waals surface area (Å²) in [6.07, 6.45) is 6.44. The third-order valence-electron chi connectivity index (χ3n) is 2.88. The van der Waals surface area contributed by atoms with Gasteiger partial charge in [-0.15, -0.1) is 0 Å². The van der Waals surface area contributed by atoms with E-state index < -0.39 is 5.60 Å². The molecule has 2 atom stereocenters. The minimum absolute atomic E-state index is 0.236. The van der Waals surface area contributed by atoms with Gasteiger partial charge in [0.05, 0.1) is 11.7 Å². The second-order valence-corrected chi connectivity index (χ2v) is 4.32. The maximum absolute atomic E-state index is 10.2. The second kappa shape index (κ2) is 4.97. The second-order valence-electron chi connectivity index (χ2n) is 4.32. The number of unbranched alkanes of at least 4 members (excludes halogenated alkanes) is 2. The van der Waals surface area contributed by atoms with Crippen molar-refractivity contribution in [2.24, 2.45) is 0 Å². The third kappa shape index (κ3) is 3.65. The van der Waals surface area contributed by atoms with E-state index >= 15 is 0 Å². The Morgan fingerprint density at radius 2 is 2.23 bits per heavy atom. The molecule has 2 unspecified atom stereocenters. The summed E-state index contributed by atoms with van der Waals surface area (Å²) in [7, 11) is 0. The Bertz CT molecular complexity index is 147. The summed E-state index contributed by atoms with van der Waals surface area (Å²) in [5.74, 6) is 0. The van der Waals surface area contributed by atoms with Gasteiger partial charge in [-0.05, 0) is 19.8 Å². The van der Waals surface area contributed by atoms with Crippen LogP contribution in [-0.4, -0.2) is 23.4 Å². The van der Waals surface area contributed by atoms with E-state index in [0.717, 1.165) is 32.3 Å². The van der Waals surface area contributed by atoms with Gasteiger partial charge in [-0.1, -0.05) is 26.2 Å². The molecule has 1 aliphatic heterocycles. The molecule has 0 amide bonds. The molecule has 0 radical (unpaired) electrons. The van der Waals surface area contributed by atoms with E-state index in [1.165, 1.54) is 12.8 Å². The first kappa shape index (κ1) is 11.0. The van der Waals surface area contributed by atoms with E-state index in [9.17, 15) is 5.11 Å². The normalized spacial score (nSPS) is 34.8. The van der Waals surface area contributed by atoms with Crippen molar-refractivity contribution in [3.05, 3.63) is 0 Å². The highest BCUT2D eigenvalue weighted by atomic mass is 16.5. The fourth-order valence-corrected chi connectivity index (χ4v) is 2.08. The predicted molar refractivity (Wildman–Crippen MR) is 53.7 cm³/mol. The first-order chi connectivity index (χ1) is 6.16. The maximum atomic E-state index is 10.2. The van der Waals surface area contributed by atoms with Crippen LogP contribution in [0.5, 0.6) is 0 Å². The Morgan fingerprint density at radius 3 is 2.85 bits per heavy atom. The SMILES string of the molecule is CCCCCC1(O)CCOC(C)C1. The fraction of sp³-hybridized carbons (Fsp3) is 1.00. The summed E-state index contributed by atoms with van der Waals surface area (Å²) in [4.78, 5) is 0. The Balaban J connectivity index is 2.27. The fourth-order valence-electron chi connectivity index (χ4n) is 2.08. The van der Waals surface area contributed by atoms with Gasteiger partial charge in [-0.2, -0.15) is 0 Å². The van der Waals surface area contributed by atoms with Gasteiger partial charge >= 0.3 is 0 Å². The van der Waals surface area contributed by atoms with Gasteiger partial charge < -0.3 is 9.84 Å². The van der Waals surface area contributed by atoms with Crippen molar-refractivity contribution in [1.82, 2.24) is 0 Å². The average molecular weight is 186 g/mol. The van der Waals surface area contributed by atoms with Crippen LogP contribution in [0, 0.1) is 0 Å². The van der Waals surface area contributed by atoms with E-state index in [-0.39, 0.29) is 6.10 Å². The molecule has 0 aromatic rings. The van der Waals surface area contributed by atoms with Crippen LogP contribution >= 0.6 is 0 Å². The molecule has 1 N–H and O–H groups in total. The lowest BCUT2D eigenvalue weighted by Crippen LogP contribution is -2.39. The van der Waals surface area contributed by atoms with Gasteiger partial charge in [0.2, 0.25) is 0 Å². The highest BCUT2D eigenvalue weighted by molar-refractivity contribution is 4.83. The molecule has 0 spiro atoms. The Hall–Kier alpha value is -0.0800. The van der Waals surface area contributed by atoms with Crippen LogP contribution in [0.4, 0.5) is 0 Å². The van der Waals surface area contributed by atoms with Gasteiger partial charge in [-0.3, -0.25) is 0 Å². The summed E-state index contributed by atoms with van der Waals surface area (Å²) in [5.41, 5.74) is -0.424. The Morgan fingerprint density at radius 1 is 1.46 bits per heavy atom. The van der Waals surface area contributed by atoms with Crippen LogP contribution < -0.4 is 0 Å². The van der Waals surface area contributed by atoms with Crippen LogP contribution in [-0.2, 0) is 4.74 Å². The van der Waals surface area contributed by atoms with Crippen LogP contribution in [0.25, 0.3) is 0 Å². The molecule has 2 heteroatoms. The van der Waals surface area contributed by atoms with Gasteiger partial charge in [0.1, 0.15) is 0 Å². The monoisotopic (exact) mass is 186 g/mol.